The molecule has 1 aromatic rings. The first-order valence-corrected chi connectivity index (χ1v) is 9.32. The standard InChI is InChI=1S/C16H22FN3O4S/c1-18(25(22)23)10-13-11-20(16(21)24-13)12-5-6-15(14(17)9-12)19-7-3-2-4-8-19/h5-6,9,13H,2-4,7-8,10-11H2,1H3,(H,22,23)/p-1/t13-/m0/s1. The maximum absolute atomic E-state index is 14.5. The minimum Gasteiger partial charge on any atom is -0.760 e. The summed E-state index contributed by atoms with van der Waals surface area (Å²) in [5.74, 6) is -0.367. The zero-order chi connectivity index (χ0) is 18.0. The van der Waals surface area contributed by atoms with E-state index in [4.69, 9.17) is 4.74 Å². The summed E-state index contributed by atoms with van der Waals surface area (Å²) in [6.07, 6.45) is 2.09. The first kappa shape index (κ1) is 18.1. The number of likely N-dealkylation sites (N-methyl/N-ethyl adjacent to an activating group) is 1. The third kappa shape index (κ3) is 4.10. The van der Waals surface area contributed by atoms with E-state index in [9.17, 15) is 17.9 Å². The molecule has 3 rings (SSSR count). The minimum atomic E-state index is -2.38. The molecule has 9 heteroatoms. The molecule has 2 atom stereocenters. The summed E-state index contributed by atoms with van der Waals surface area (Å²) < 4.78 is 42.5. The van der Waals surface area contributed by atoms with Crippen LogP contribution in [0.3, 0.4) is 0 Å². The van der Waals surface area contributed by atoms with Crippen molar-refractivity contribution in [1.82, 2.24) is 4.31 Å². The Bertz CT molecular complexity index is 669. The van der Waals surface area contributed by atoms with Crippen LogP contribution in [-0.4, -0.2) is 58.5 Å². The molecule has 0 bridgehead atoms. The van der Waals surface area contributed by atoms with Gasteiger partial charge in [0.25, 0.3) is 0 Å². The van der Waals surface area contributed by atoms with Gasteiger partial charge in [0.1, 0.15) is 11.9 Å². The average molecular weight is 370 g/mol. The quantitative estimate of drug-likeness (QED) is 0.740. The lowest BCUT2D eigenvalue weighted by Crippen LogP contribution is -2.33. The number of amides is 1. The lowest BCUT2D eigenvalue weighted by Gasteiger charge is -2.29. The fourth-order valence-electron chi connectivity index (χ4n) is 3.23. The first-order chi connectivity index (χ1) is 12.0. The van der Waals surface area contributed by atoms with E-state index in [1.54, 1.807) is 12.1 Å². The van der Waals surface area contributed by atoms with Gasteiger partial charge < -0.3 is 14.2 Å². The van der Waals surface area contributed by atoms with Crippen LogP contribution in [0.2, 0.25) is 0 Å². The van der Waals surface area contributed by atoms with E-state index in [1.165, 1.54) is 24.4 Å². The van der Waals surface area contributed by atoms with E-state index in [0.717, 1.165) is 30.2 Å². The molecular formula is C16H21FN3O4S-. The maximum atomic E-state index is 14.5. The first-order valence-electron chi connectivity index (χ1n) is 8.29. The van der Waals surface area contributed by atoms with Crippen molar-refractivity contribution < 1.29 is 22.7 Å². The normalized spacial score (nSPS) is 22.4. The molecule has 2 heterocycles. The number of benzene rings is 1. The fraction of sp³-hybridized carbons (Fsp3) is 0.562. The van der Waals surface area contributed by atoms with Gasteiger partial charge in [-0.2, -0.15) is 0 Å². The predicted molar refractivity (Wildman–Crippen MR) is 91.6 cm³/mol. The number of rotatable bonds is 5. The highest BCUT2D eigenvalue weighted by atomic mass is 32.2. The zero-order valence-corrected chi connectivity index (χ0v) is 14.8. The number of nitrogens with zero attached hydrogens (tertiary/aromatic N) is 3. The van der Waals surface area contributed by atoms with Crippen molar-refractivity contribution in [2.24, 2.45) is 0 Å². The Morgan fingerprint density at radius 3 is 2.72 bits per heavy atom. The highest BCUT2D eigenvalue weighted by Crippen LogP contribution is 2.29. The van der Waals surface area contributed by atoms with Gasteiger partial charge in [0.15, 0.2) is 0 Å². The minimum absolute atomic E-state index is 0.0622. The van der Waals surface area contributed by atoms with Crippen molar-refractivity contribution in [1.29, 1.82) is 0 Å². The van der Waals surface area contributed by atoms with Crippen LogP contribution >= 0.6 is 0 Å². The summed E-state index contributed by atoms with van der Waals surface area (Å²) in [5, 5.41) is 0. The summed E-state index contributed by atoms with van der Waals surface area (Å²) >= 11 is -2.38. The third-order valence-corrected chi connectivity index (χ3v) is 5.19. The molecule has 2 aliphatic rings. The topological polar surface area (TPSA) is 76.1 Å². The van der Waals surface area contributed by atoms with Crippen LogP contribution in [0.1, 0.15) is 19.3 Å². The van der Waals surface area contributed by atoms with E-state index in [1.807, 2.05) is 4.90 Å². The Hall–Kier alpha value is -1.71. The number of carbonyl (C=O) groups is 1. The van der Waals surface area contributed by atoms with Crippen LogP contribution in [0.15, 0.2) is 18.2 Å². The Labute approximate surface area is 148 Å². The number of cyclic esters (lactones) is 1. The van der Waals surface area contributed by atoms with Crippen molar-refractivity contribution >= 4 is 28.7 Å². The average Bonchev–Trinajstić information content (AvgIpc) is 2.95. The van der Waals surface area contributed by atoms with E-state index < -0.39 is 23.5 Å². The molecule has 0 radical (unpaired) electrons. The number of halogens is 1. The number of carbonyl (C=O) groups excluding carboxylic acids is 1. The molecule has 138 valence electrons. The van der Waals surface area contributed by atoms with Crippen LogP contribution in [0, 0.1) is 5.82 Å². The van der Waals surface area contributed by atoms with Gasteiger partial charge >= 0.3 is 6.09 Å². The number of ether oxygens (including phenoxy) is 1. The summed E-state index contributed by atoms with van der Waals surface area (Å²) in [4.78, 5) is 15.4. The molecule has 7 nitrogen and oxygen atoms in total. The summed E-state index contributed by atoms with van der Waals surface area (Å²) in [7, 11) is 1.40. The van der Waals surface area contributed by atoms with Crippen LogP contribution in [-0.2, 0) is 16.0 Å². The molecule has 2 saturated heterocycles. The largest absolute Gasteiger partial charge is 0.760 e. The Morgan fingerprint density at radius 2 is 2.08 bits per heavy atom. The Kier molecular flexibility index (Phi) is 5.55. The van der Waals surface area contributed by atoms with E-state index in [-0.39, 0.29) is 18.9 Å². The summed E-state index contributed by atoms with van der Waals surface area (Å²) in [5.41, 5.74) is 0.964. The number of anilines is 2. The highest BCUT2D eigenvalue weighted by Gasteiger charge is 2.33. The number of hydrogen-bond donors (Lipinski definition) is 0. The van der Waals surface area contributed by atoms with Gasteiger partial charge in [-0.15, -0.1) is 0 Å². The number of hydrogen-bond acceptors (Lipinski definition) is 5. The van der Waals surface area contributed by atoms with Crippen molar-refractivity contribution in [3.63, 3.8) is 0 Å². The van der Waals surface area contributed by atoms with Gasteiger partial charge in [0, 0.05) is 30.9 Å². The smallest absolute Gasteiger partial charge is 0.414 e. The highest BCUT2D eigenvalue weighted by molar-refractivity contribution is 7.76. The van der Waals surface area contributed by atoms with Crippen LogP contribution in [0.5, 0.6) is 0 Å². The van der Waals surface area contributed by atoms with Crippen LogP contribution in [0.4, 0.5) is 20.6 Å². The van der Waals surface area contributed by atoms with E-state index >= 15 is 0 Å². The lowest BCUT2D eigenvalue weighted by molar-refractivity contribution is 0.131. The fourth-order valence-corrected chi connectivity index (χ4v) is 3.52. The summed E-state index contributed by atoms with van der Waals surface area (Å²) in [6, 6.07) is 4.73. The molecule has 0 spiro atoms. The maximum Gasteiger partial charge on any atom is 0.414 e. The predicted octanol–water partition coefficient (Wildman–Crippen LogP) is 1.87. The Balaban J connectivity index is 1.70. The van der Waals surface area contributed by atoms with Crippen molar-refractivity contribution in [2.45, 2.75) is 25.4 Å². The van der Waals surface area contributed by atoms with Gasteiger partial charge in [0.2, 0.25) is 0 Å². The third-order valence-electron chi connectivity index (χ3n) is 4.53. The molecule has 2 fully saturated rings. The second-order valence-electron chi connectivity index (χ2n) is 6.33. The molecule has 0 saturated carbocycles. The monoisotopic (exact) mass is 370 g/mol. The molecule has 25 heavy (non-hydrogen) atoms. The van der Waals surface area contributed by atoms with Gasteiger partial charge in [0.05, 0.1) is 17.9 Å². The van der Waals surface area contributed by atoms with Crippen LogP contribution < -0.4 is 9.80 Å². The molecular weight excluding hydrogens is 349 g/mol. The number of piperidine rings is 1. The molecule has 1 unspecified atom stereocenters. The molecule has 0 N–H and O–H groups in total. The second-order valence-corrected chi connectivity index (χ2v) is 7.38. The molecule has 1 aromatic carbocycles. The molecule has 0 aliphatic carbocycles. The van der Waals surface area contributed by atoms with E-state index in [0.29, 0.717) is 11.4 Å². The van der Waals surface area contributed by atoms with E-state index in [2.05, 4.69) is 0 Å². The van der Waals surface area contributed by atoms with Crippen LogP contribution in [0.25, 0.3) is 0 Å². The Morgan fingerprint density at radius 1 is 1.36 bits per heavy atom. The summed E-state index contributed by atoms with van der Waals surface area (Å²) in [6.45, 7) is 1.92. The van der Waals surface area contributed by atoms with Gasteiger partial charge in [-0.3, -0.25) is 9.11 Å². The molecule has 2 aliphatic heterocycles. The van der Waals surface area contributed by atoms with Crippen molar-refractivity contribution in [3.05, 3.63) is 24.0 Å². The molecule has 0 aromatic heterocycles. The van der Waals surface area contributed by atoms with Gasteiger partial charge in [-0.1, -0.05) is 0 Å². The SMILES string of the molecule is CN(C[C@H]1CN(c2ccc(N3CCCCC3)c(F)c2)C(=O)O1)S(=O)[O-]. The van der Waals surface area contributed by atoms with Gasteiger partial charge in [-0.05, 0) is 44.5 Å². The van der Waals surface area contributed by atoms with Crippen molar-refractivity contribution in [3.8, 4) is 0 Å². The van der Waals surface area contributed by atoms with Crippen molar-refractivity contribution in [2.75, 3.05) is 43.0 Å². The van der Waals surface area contributed by atoms with Gasteiger partial charge in [-0.25, -0.2) is 13.5 Å². The molecule has 1 amide bonds. The zero-order valence-electron chi connectivity index (χ0n) is 14.0. The second kappa shape index (κ2) is 7.67. The lowest BCUT2D eigenvalue weighted by atomic mass is 10.1.